The van der Waals surface area contributed by atoms with Crippen LogP contribution < -0.4 is 0 Å². The minimum Gasteiger partial charge on any atom is -0.387 e. The Kier molecular flexibility index (Phi) is 3.05. The first-order valence-electron chi connectivity index (χ1n) is 6.31. The number of hydrogen-bond acceptors (Lipinski definition) is 3. The van der Waals surface area contributed by atoms with Crippen LogP contribution in [0.2, 0.25) is 0 Å². The second kappa shape index (κ2) is 4.85. The summed E-state index contributed by atoms with van der Waals surface area (Å²) in [6.45, 7) is 0. The molecular weight excluding hydrogens is 240 g/mol. The average molecular weight is 256 g/mol. The highest BCUT2D eigenvalue weighted by molar-refractivity contribution is 5.39. The Bertz CT molecular complexity index is 652. The number of nitrogens with zero attached hydrogens (tertiary/aromatic N) is 4. The quantitative estimate of drug-likeness (QED) is 0.773. The van der Waals surface area contributed by atoms with Crippen molar-refractivity contribution < 1.29 is 5.11 Å². The van der Waals surface area contributed by atoms with E-state index in [4.69, 9.17) is 0 Å². The highest BCUT2D eigenvalue weighted by Crippen LogP contribution is 2.18. The molecule has 3 aromatic rings. The van der Waals surface area contributed by atoms with Crippen LogP contribution in [-0.2, 0) is 13.5 Å². The lowest BCUT2D eigenvalue weighted by Crippen LogP contribution is -1.99. The number of aliphatic hydroxyl groups excluding tert-OH is 1. The molecular formula is C14H16N4O. The van der Waals surface area contributed by atoms with E-state index in [0.29, 0.717) is 6.42 Å². The fourth-order valence-corrected chi connectivity index (χ4v) is 2.17. The maximum Gasteiger partial charge on any atom is 0.137 e. The third kappa shape index (κ3) is 2.51. The van der Waals surface area contributed by atoms with Gasteiger partial charge in [-0.1, -0.05) is 6.07 Å². The molecule has 0 saturated heterocycles. The van der Waals surface area contributed by atoms with Gasteiger partial charge >= 0.3 is 0 Å². The Morgan fingerprint density at radius 1 is 1.32 bits per heavy atom. The van der Waals surface area contributed by atoms with Crippen LogP contribution in [0.15, 0.2) is 43.0 Å². The van der Waals surface area contributed by atoms with Crippen molar-refractivity contribution in [2.24, 2.45) is 7.05 Å². The minimum absolute atomic E-state index is 0.542. The topological polar surface area (TPSA) is 55.4 Å². The predicted octanol–water partition coefficient (Wildman–Crippen LogP) is 1.73. The van der Waals surface area contributed by atoms with Crippen molar-refractivity contribution in [3.8, 4) is 0 Å². The maximum atomic E-state index is 10.2. The van der Waals surface area contributed by atoms with Gasteiger partial charge in [0.25, 0.3) is 0 Å². The van der Waals surface area contributed by atoms with Crippen molar-refractivity contribution in [1.29, 1.82) is 0 Å². The molecule has 0 aliphatic carbocycles. The molecule has 0 bridgehead atoms. The summed E-state index contributed by atoms with van der Waals surface area (Å²) in [5.41, 5.74) is 2.71. The number of fused-ring (bicyclic) bond motifs is 1. The molecule has 98 valence electrons. The van der Waals surface area contributed by atoms with Gasteiger partial charge in [-0.2, -0.15) is 5.10 Å². The van der Waals surface area contributed by atoms with Crippen LogP contribution in [0.5, 0.6) is 0 Å². The lowest BCUT2D eigenvalue weighted by Gasteiger charge is -2.05. The molecule has 3 heterocycles. The number of rotatable bonds is 4. The standard InChI is InChI=1S/C14H16N4O/c1-17-9-11(8-15-17)5-6-13(19)12-10-18-7-3-2-4-14(18)16-12/h2-4,7-10,13,19H,5-6H2,1H3. The number of hydrogen-bond donors (Lipinski definition) is 1. The van der Waals surface area contributed by atoms with Crippen molar-refractivity contribution in [3.63, 3.8) is 0 Å². The van der Waals surface area contributed by atoms with Crippen LogP contribution in [0.3, 0.4) is 0 Å². The van der Waals surface area contributed by atoms with Crippen LogP contribution in [-0.4, -0.2) is 24.3 Å². The van der Waals surface area contributed by atoms with Crippen molar-refractivity contribution in [3.05, 3.63) is 54.2 Å². The molecule has 0 radical (unpaired) electrons. The zero-order valence-corrected chi connectivity index (χ0v) is 10.8. The molecule has 5 heteroatoms. The molecule has 0 spiro atoms. The lowest BCUT2D eigenvalue weighted by atomic mass is 10.1. The number of aryl methyl sites for hydroxylation is 2. The summed E-state index contributed by atoms with van der Waals surface area (Å²) < 4.78 is 3.69. The molecule has 3 aromatic heterocycles. The monoisotopic (exact) mass is 256 g/mol. The summed E-state index contributed by atoms with van der Waals surface area (Å²) in [6.07, 6.45) is 8.51. The zero-order chi connectivity index (χ0) is 13.2. The molecule has 0 aliphatic rings. The molecule has 0 aliphatic heterocycles. The largest absolute Gasteiger partial charge is 0.387 e. The highest BCUT2D eigenvalue weighted by atomic mass is 16.3. The van der Waals surface area contributed by atoms with Gasteiger partial charge in [-0.05, 0) is 30.5 Å². The second-order valence-corrected chi connectivity index (χ2v) is 4.71. The number of pyridine rings is 1. The summed E-state index contributed by atoms with van der Waals surface area (Å²) in [4.78, 5) is 4.42. The molecule has 1 N–H and O–H groups in total. The van der Waals surface area contributed by atoms with Crippen LogP contribution >= 0.6 is 0 Å². The van der Waals surface area contributed by atoms with Crippen molar-refractivity contribution >= 4 is 5.65 Å². The third-order valence-corrected chi connectivity index (χ3v) is 3.19. The van der Waals surface area contributed by atoms with Crippen molar-refractivity contribution in [2.45, 2.75) is 18.9 Å². The SMILES string of the molecule is Cn1cc(CCC(O)c2cn3ccccc3n2)cn1. The zero-order valence-electron chi connectivity index (χ0n) is 10.8. The Hall–Kier alpha value is -2.14. The molecule has 0 fully saturated rings. The Balaban J connectivity index is 1.71. The normalized spacial score (nSPS) is 12.9. The third-order valence-electron chi connectivity index (χ3n) is 3.19. The van der Waals surface area contributed by atoms with E-state index in [0.717, 1.165) is 23.3 Å². The molecule has 5 nitrogen and oxygen atoms in total. The first-order chi connectivity index (χ1) is 9.22. The number of aromatic nitrogens is 4. The van der Waals surface area contributed by atoms with Gasteiger partial charge in [0.1, 0.15) is 5.65 Å². The smallest absolute Gasteiger partial charge is 0.137 e. The van der Waals surface area contributed by atoms with E-state index in [1.807, 2.05) is 54.4 Å². The highest BCUT2D eigenvalue weighted by Gasteiger charge is 2.12. The first-order valence-corrected chi connectivity index (χ1v) is 6.31. The Labute approximate surface area is 111 Å². The van der Waals surface area contributed by atoms with E-state index in [2.05, 4.69) is 10.1 Å². The predicted molar refractivity (Wildman–Crippen MR) is 71.7 cm³/mol. The molecule has 1 atom stereocenters. The summed E-state index contributed by atoms with van der Waals surface area (Å²) in [5, 5.41) is 14.3. The van der Waals surface area contributed by atoms with Crippen LogP contribution in [0.1, 0.15) is 23.8 Å². The van der Waals surface area contributed by atoms with Gasteiger partial charge in [0.05, 0.1) is 18.0 Å². The van der Waals surface area contributed by atoms with Gasteiger partial charge in [0, 0.05) is 25.6 Å². The van der Waals surface area contributed by atoms with E-state index in [1.54, 1.807) is 4.68 Å². The maximum absolute atomic E-state index is 10.2. The van der Waals surface area contributed by atoms with Gasteiger partial charge < -0.3 is 9.51 Å². The molecule has 0 saturated carbocycles. The molecule has 0 aromatic carbocycles. The van der Waals surface area contributed by atoms with Crippen LogP contribution in [0.25, 0.3) is 5.65 Å². The van der Waals surface area contributed by atoms with E-state index in [1.165, 1.54) is 0 Å². The van der Waals surface area contributed by atoms with Gasteiger partial charge in [-0.3, -0.25) is 4.68 Å². The fraction of sp³-hybridized carbons (Fsp3) is 0.286. The van der Waals surface area contributed by atoms with Gasteiger partial charge in [-0.25, -0.2) is 4.98 Å². The first kappa shape index (κ1) is 11.9. The number of aliphatic hydroxyl groups is 1. The Morgan fingerprint density at radius 2 is 2.21 bits per heavy atom. The fourth-order valence-electron chi connectivity index (χ4n) is 2.17. The Morgan fingerprint density at radius 3 is 2.95 bits per heavy atom. The summed E-state index contributed by atoms with van der Waals surface area (Å²) in [5.74, 6) is 0. The molecule has 19 heavy (non-hydrogen) atoms. The molecule has 1 unspecified atom stereocenters. The van der Waals surface area contributed by atoms with Crippen molar-refractivity contribution in [2.75, 3.05) is 0 Å². The van der Waals surface area contributed by atoms with Gasteiger partial charge in [0.2, 0.25) is 0 Å². The van der Waals surface area contributed by atoms with E-state index < -0.39 is 6.10 Å². The lowest BCUT2D eigenvalue weighted by molar-refractivity contribution is 0.163. The second-order valence-electron chi connectivity index (χ2n) is 4.71. The van der Waals surface area contributed by atoms with Crippen molar-refractivity contribution in [1.82, 2.24) is 19.2 Å². The molecule has 3 rings (SSSR count). The van der Waals surface area contributed by atoms with Crippen LogP contribution in [0, 0.1) is 0 Å². The summed E-state index contributed by atoms with van der Waals surface area (Å²) >= 11 is 0. The van der Waals surface area contributed by atoms with Crippen LogP contribution in [0.4, 0.5) is 0 Å². The number of imidazole rings is 1. The minimum atomic E-state index is -0.542. The van der Waals surface area contributed by atoms with Gasteiger partial charge in [-0.15, -0.1) is 0 Å². The summed E-state index contributed by atoms with van der Waals surface area (Å²) in [6, 6.07) is 5.81. The van der Waals surface area contributed by atoms with E-state index in [-0.39, 0.29) is 0 Å². The van der Waals surface area contributed by atoms with E-state index >= 15 is 0 Å². The van der Waals surface area contributed by atoms with E-state index in [9.17, 15) is 5.11 Å². The molecule has 0 amide bonds. The average Bonchev–Trinajstić information content (AvgIpc) is 3.01. The summed E-state index contributed by atoms with van der Waals surface area (Å²) in [7, 11) is 1.89. The van der Waals surface area contributed by atoms with Gasteiger partial charge in [0.15, 0.2) is 0 Å².